The highest BCUT2D eigenvalue weighted by atomic mass is 19.4. The largest absolute Gasteiger partial charge is 0.497 e. The summed E-state index contributed by atoms with van der Waals surface area (Å²) in [7, 11) is 1.47. The first-order valence-electron chi connectivity index (χ1n) is 9.61. The summed E-state index contributed by atoms with van der Waals surface area (Å²) in [4.78, 5) is 28.4. The van der Waals surface area contributed by atoms with Crippen LogP contribution in [0.1, 0.15) is 35.6 Å². The van der Waals surface area contributed by atoms with Crippen molar-refractivity contribution in [3.63, 3.8) is 0 Å². The molecule has 162 valence electrons. The van der Waals surface area contributed by atoms with E-state index in [4.69, 9.17) is 4.74 Å². The number of amides is 2. The Hall–Kier alpha value is -3.04. The highest BCUT2D eigenvalue weighted by molar-refractivity contribution is 5.98. The zero-order chi connectivity index (χ0) is 22.1. The molecule has 0 unspecified atom stereocenters. The monoisotopic (exact) mass is 424 g/mol. The fourth-order valence-electron chi connectivity index (χ4n) is 3.53. The highest BCUT2D eigenvalue weighted by Crippen LogP contribution is 2.36. The molecule has 1 aromatic heterocycles. The summed E-state index contributed by atoms with van der Waals surface area (Å²) in [5.41, 5.74) is -1.08. The number of methoxy groups -OCH3 is 1. The predicted molar refractivity (Wildman–Crippen MR) is 103 cm³/mol. The van der Waals surface area contributed by atoms with E-state index in [0.29, 0.717) is 24.5 Å². The van der Waals surface area contributed by atoms with Gasteiger partial charge in [0.1, 0.15) is 18.0 Å². The molecule has 0 spiro atoms. The number of aromatic nitrogens is 2. The molecule has 0 fully saturated rings. The number of halogens is 3. The summed E-state index contributed by atoms with van der Waals surface area (Å²) in [5.74, 6) is -0.368. The molecule has 2 amide bonds. The van der Waals surface area contributed by atoms with Crippen molar-refractivity contribution in [2.24, 2.45) is 0 Å². The fraction of sp³-hybridized carbons (Fsp3) is 0.450. The first-order chi connectivity index (χ1) is 14.2. The summed E-state index contributed by atoms with van der Waals surface area (Å²) in [6, 6.07) is 6.20. The Morgan fingerprint density at radius 2 is 1.83 bits per heavy atom. The van der Waals surface area contributed by atoms with Crippen LogP contribution >= 0.6 is 0 Å². The first-order valence-corrected chi connectivity index (χ1v) is 9.61. The minimum absolute atomic E-state index is 0.0240. The molecule has 0 radical (unpaired) electrons. The van der Waals surface area contributed by atoms with Gasteiger partial charge < -0.3 is 14.5 Å². The molecule has 0 bridgehead atoms. The number of likely N-dealkylation sites (N-methyl/N-ethyl adjacent to an activating group) is 1. The van der Waals surface area contributed by atoms with E-state index in [-0.39, 0.29) is 36.7 Å². The quantitative estimate of drug-likeness (QED) is 0.715. The van der Waals surface area contributed by atoms with Crippen LogP contribution in [-0.4, -0.2) is 64.7 Å². The van der Waals surface area contributed by atoms with E-state index in [9.17, 15) is 22.8 Å². The van der Waals surface area contributed by atoms with Crippen LogP contribution < -0.4 is 4.74 Å². The molecule has 1 aliphatic heterocycles. The molecule has 1 aliphatic rings. The van der Waals surface area contributed by atoms with Gasteiger partial charge in [-0.25, -0.2) is 4.68 Å². The third-order valence-electron chi connectivity index (χ3n) is 5.13. The standard InChI is InChI=1S/C20H23F3N4O3/c1-4-25(5-2)16(28)12-26-11-10-15-17(19(26)29)27(24-18(15)20(21,22)23)13-6-8-14(30-3)9-7-13/h6-9H,4-5,10-12H2,1-3H3. The van der Waals surface area contributed by atoms with Crippen molar-refractivity contribution in [1.29, 1.82) is 0 Å². The second kappa shape index (κ2) is 8.37. The zero-order valence-corrected chi connectivity index (χ0v) is 17.0. The van der Waals surface area contributed by atoms with E-state index in [0.717, 1.165) is 4.68 Å². The number of ether oxygens (including phenoxy) is 1. The van der Waals surface area contributed by atoms with Crippen molar-refractivity contribution in [1.82, 2.24) is 19.6 Å². The van der Waals surface area contributed by atoms with Gasteiger partial charge >= 0.3 is 6.18 Å². The van der Waals surface area contributed by atoms with Crippen LogP contribution in [0.5, 0.6) is 5.75 Å². The number of rotatable bonds is 6. The van der Waals surface area contributed by atoms with E-state index >= 15 is 0 Å². The number of alkyl halides is 3. The predicted octanol–water partition coefficient (Wildman–Crippen LogP) is 2.77. The molecule has 7 nitrogen and oxygen atoms in total. The number of carbonyl (C=O) groups excluding carboxylic acids is 2. The SMILES string of the molecule is CCN(CC)C(=O)CN1CCc2c(C(F)(F)F)nn(-c3ccc(OC)cc3)c2C1=O. The third kappa shape index (κ3) is 3.99. The topological polar surface area (TPSA) is 67.7 Å². The maximum Gasteiger partial charge on any atom is 0.435 e. The summed E-state index contributed by atoms with van der Waals surface area (Å²) in [6.45, 7) is 4.47. The molecular formula is C20H23F3N4O3. The van der Waals surface area contributed by atoms with E-state index < -0.39 is 17.8 Å². The molecule has 0 saturated carbocycles. The number of hydrogen-bond donors (Lipinski definition) is 0. The van der Waals surface area contributed by atoms with Crippen LogP contribution in [-0.2, 0) is 17.4 Å². The number of carbonyl (C=O) groups is 2. The van der Waals surface area contributed by atoms with Crippen LogP contribution in [0.2, 0.25) is 0 Å². The maximum absolute atomic E-state index is 13.6. The van der Waals surface area contributed by atoms with E-state index in [1.165, 1.54) is 24.1 Å². The Morgan fingerprint density at radius 3 is 2.37 bits per heavy atom. The van der Waals surface area contributed by atoms with Crippen molar-refractivity contribution in [2.45, 2.75) is 26.4 Å². The van der Waals surface area contributed by atoms with Crippen LogP contribution in [0.4, 0.5) is 13.2 Å². The minimum Gasteiger partial charge on any atom is -0.497 e. The lowest BCUT2D eigenvalue weighted by Crippen LogP contribution is -2.46. The molecular weight excluding hydrogens is 401 g/mol. The second-order valence-corrected chi connectivity index (χ2v) is 6.83. The smallest absolute Gasteiger partial charge is 0.435 e. The molecule has 0 N–H and O–H groups in total. The van der Waals surface area contributed by atoms with E-state index in [2.05, 4.69) is 5.10 Å². The minimum atomic E-state index is -4.69. The van der Waals surface area contributed by atoms with Crippen molar-refractivity contribution in [3.05, 3.63) is 41.2 Å². The molecule has 10 heteroatoms. The van der Waals surface area contributed by atoms with Gasteiger partial charge in [-0.1, -0.05) is 0 Å². The fourth-order valence-corrected chi connectivity index (χ4v) is 3.53. The summed E-state index contributed by atoms with van der Waals surface area (Å²) in [6.07, 6.45) is -4.72. The van der Waals surface area contributed by atoms with Gasteiger partial charge in [0.05, 0.1) is 12.8 Å². The lowest BCUT2D eigenvalue weighted by atomic mass is 10.0. The Kier molecular flexibility index (Phi) is 6.04. The molecule has 30 heavy (non-hydrogen) atoms. The zero-order valence-electron chi connectivity index (χ0n) is 17.0. The van der Waals surface area contributed by atoms with Gasteiger partial charge in [0, 0.05) is 25.2 Å². The molecule has 0 atom stereocenters. The number of benzene rings is 1. The van der Waals surface area contributed by atoms with Crippen molar-refractivity contribution < 1.29 is 27.5 Å². The van der Waals surface area contributed by atoms with Gasteiger partial charge in [-0.05, 0) is 44.5 Å². The summed E-state index contributed by atoms with van der Waals surface area (Å²) in [5, 5.41) is 3.73. The maximum atomic E-state index is 13.6. The number of nitrogens with zero attached hydrogens (tertiary/aromatic N) is 4. The van der Waals surface area contributed by atoms with Gasteiger partial charge in [-0.2, -0.15) is 18.3 Å². The molecule has 0 saturated heterocycles. The van der Waals surface area contributed by atoms with Crippen molar-refractivity contribution in [2.75, 3.05) is 33.3 Å². The van der Waals surface area contributed by atoms with E-state index in [1.807, 2.05) is 13.8 Å². The Labute approximate surface area is 172 Å². The van der Waals surface area contributed by atoms with Crippen molar-refractivity contribution >= 4 is 11.8 Å². The Bertz CT molecular complexity index is 934. The number of fused-ring (bicyclic) bond motifs is 1. The lowest BCUT2D eigenvalue weighted by molar-refractivity contribution is -0.142. The van der Waals surface area contributed by atoms with Crippen LogP contribution in [0.3, 0.4) is 0 Å². The van der Waals surface area contributed by atoms with Crippen LogP contribution in [0, 0.1) is 0 Å². The summed E-state index contributed by atoms with van der Waals surface area (Å²) < 4.78 is 46.8. The van der Waals surface area contributed by atoms with E-state index in [1.54, 1.807) is 17.0 Å². The lowest BCUT2D eigenvalue weighted by Gasteiger charge is -2.29. The average molecular weight is 424 g/mol. The van der Waals surface area contributed by atoms with Gasteiger partial charge in [0.15, 0.2) is 5.69 Å². The Morgan fingerprint density at radius 1 is 1.20 bits per heavy atom. The molecule has 1 aromatic carbocycles. The normalized spacial score (nSPS) is 13.9. The average Bonchev–Trinajstić information content (AvgIpc) is 3.12. The van der Waals surface area contributed by atoms with Crippen LogP contribution in [0.15, 0.2) is 24.3 Å². The summed E-state index contributed by atoms with van der Waals surface area (Å²) >= 11 is 0. The van der Waals surface area contributed by atoms with Crippen molar-refractivity contribution in [3.8, 4) is 11.4 Å². The van der Waals surface area contributed by atoms with Gasteiger partial charge in [0.25, 0.3) is 5.91 Å². The Balaban J connectivity index is 2.02. The highest BCUT2D eigenvalue weighted by Gasteiger charge is 2.43. The molecule has 3 rings (SSSR count). The van der Waals surface area contributed by atoms with Gasteiger partial charge in [0.2, 0.25) is 5.91 Å². The molecule has 2 aromatic rings. The first kappa shape index (κ1) is 21.7. The number of hydrogen-bond acceptors (Lipinski definition) is 4. The molecule has 2 heterocycles. The molecule has 0 aliphatic carbocycles. The van der Waals surface area contributed by atoms with Gasteiger partial charge in [-0.15, -0.1) is 0 Å². The van der Waals surface area contributed by atoms with Crippen LogP contribution in [0.25, 0.3) is 5.69 Å². The van der Waals surface area contributed by atoms with Gasteiger partial charge in [-0.3, -0.25) is 9.59 Å². The second-order valence-electron chi connectivity index (χ2n) is 6.83. The third-order valence-corrected chi connectivity index (χ3v) is 5.13.